The van der Waals surface area contributed by atoms with E-state index in [1.165, 1.54) is 23.1 Å². The van der Waals surface area contributed by atoms with Crippen LogP contribution in [0.1, 0.15) is 10.4 Å². The van der Waals surface area contributed by atoms with E-state index >= 15 is 0 Å². The second kappa shape index (κ2) is 4.78. The minimum atomic E-state index is -2.94. The zero-order valence-electron chi connectivity index (χ0n) is 8.78. The van der Waals surface area contributed by atoms with Crippen LogP contribution in [0.2, 0.25) is 0 Å². The van der Waals surface area contributed by atoms with Crippen molar-refractivity contribution in [1.82, 2.24) is 0 Å². The highest BCUT2D eigenvalue weighted by Gasteiger charge is 2.14. The molecule has 1 aromatic carbocycles. The number of carboxylic acid groups (broad SMARTS) is 1. The second-order valence-electron chi connectivity index (χ2n) is 3.26. The molecule has 0 saturated carbocycles. The molecule has 0 bridgehead atoms. The minimum absolute atomic E-state index is 0.0188. The van der Waals surface area contributed by atoms with Crippen molar-refractivity contribution in [3.05, 3.63) is 23.8 Å². The van der Waals surface area contributed by atoms with Crippen molar-refractivity contribution in [2.75, 3.05) is 19.0 Å². The number of rotatable bonds is 4. The fourth-order valence-electron chi connectivity index (χ4n) is 1.20. The quantitative estimate of drug-likeness (QED) is 0.861. The van der Waals surface area contributed by atoms with Crippen LogP contribution in [0.25, 0.3) is 0 Å². The Labute approximate surface area is 91.1 Å². The molecule has 0 aliphatic carbocycles. The molecule has 88 valence electrons. The zero-order valence-corrected chi connectivity index (χ0v) is 8.78. The van der Waals surface area contributed by atoms with Crippen LogP contribution < -0.4 is 9.64 Å². The molecule has 1 rings (SSSR count). The number of carbonyl (C=O) groups is 1. The molecule has 0 spiro atoms. The van der Waals surface area contributed by atoms with Crippen LogP contribution in [-0.2, 0) is 0 Å². The average molecular weight is 231 g/mol. The molecule has 4 nitrogen and oxygen atoms in total. The monoisotopic (exact) mass is 231 g/mol. The highest BCUT2D eigenvalue weighted by atomic mass is 19.3. The van der Waals surface area contributed by atoms with Crippen LogP contribution in [-0.4, -0.2) is 31.8 Å². The molecule has 16 heavy (non-hydrogen) atoms. The first-order chi connectivity index (χ1) is 7.41. The summed E-state index contributed by atoms with van der Waals surface area (Å²) in [7, 11) is 3.22. The van der Waals surface area contributed by atoms with Gasteiger partial charge in [-0.15, -0.1) is 0 Å². The smallest absolute Gasteiger partial charge is 0.387 e. The van der Waals surface area contributed by atoms with Crippen LogP contribution in [0.3, 0.4) is 0 Å². The highest BCUT2D eigenvalue weighted by molar-refractivity contribution is 5.89. The summed E-state index contributed by atoms with van der Waals surface area (Å²) in [6, 6.07) is 3.71. The Morgan fingerprint density at radius 3 is 2.50 bits per heavy atom. The summed E-state index contributed by atoms with van der Waals surface area (Å²) in [4.78, 5) is 12.2. The van der Waals surface area contributed by atoms with Gasteiger partial charge in [-0.05, 0) is 18.2 Å². The molecule has 1 N–H and O–H groups in total. The van der Waals surface area contributed by atoms with Crippen molar-refractivity contribution in [3.8, 4) is 5.75 Å². The lowest BCUT2D eigenvalue weighted by Gasteiger charge is -2.17. The van der Waals surface area contributed by atoms with Gasteiger partial charge in [0.05, 0.1) is 11.3 Å². The largest absolute Gasteiger partial charge is 0.478 e. The number of alkyl halides is 2. The number of nitrogens with zero attached hydrogens (tertiary/aromatic N) is 1. The van der Waals surface area contributed by atoms with E-state index < -0.39 is 12.6 Å². The predicted octanol–water partition coefficient (Wildman–Crippen LogP) is 2.05. The predicted molar refractivity (Wildman–Crippen MR) is 54.4 cm³/mol. The molecule has 0 radical (unpaired) electrons. The Bertz CT molecular complexity index is 394. The molecule has 1 aromatic rings. The van der Waals surface area contributed by atoms with Gasteiger partial charge < -0.3 is 14.7 Å². The van der Waals surface area contributed by atoms with Crippen molar-refractivity contribution in [2.45, 2.75) is 6.61 Å². The number of halogens is 2. The SMILES string of the molecule is CN(C)c1cc(C(=O)O)ccc1OC(F)F. The van der Waals surface area contributed by atoms with Crippen molar-refractivity contribution < 1.29 is 23.4 Å². The Kier molecular flexibility index (Phi) is 3.65. The van der Waals surface area contributed by atoms with Crippen molar-refractivity contribution >= 4 is 11.7 Å². The minimum Gasteiger partial charge on any atom is -0.478 e. The maximum atomic E-state index is 12.1. The van der Waals surface area contributed by atoms with Crippen molar-refractivity contribution in [3.63, 3.8) is 0 Å². The third kappa shape index (κ3) is 2.82. The summed E-state index contributed by atoms with van der Waals surface area (Å²) in [6.07, 6.45) is 0. The number of aromatic carboxylic acids is 1. The molecule has 0 saturated heterocycles. The third-order valence-corrected chi connectivity index (χ3v) is 1.90. The normalized spacial score (nSPS) is 10.3. The van der Waals surface area contributed by atoms with Crippen LogP contribution in [0.15, 0.2) is 18.2 Å². The molecule has 0 aliphatic rings. The number of carboxylic acids is 1. The van der Waals surface area contributed by atoms with Gasteiger partial charge in [-0.2, -0.15) is 8.78 Å². The van der Waals surface area contributed by atoms with Gasteiger partial charge in [0.1, 0.15) is 5.75 Å². The maximum absolute atomic E-state index is 12.1. The lowest BCUT2D eigenvalue weighted by molar-refractivity contribution is -0.0494. The van der Waals surface area contributed by atoms with Crippen LogP contribution >= 0.6 is 0 Å². The molecule has 0 aliphatic heterocycles. The molecule has 0 amide bonds. The van der Waals surface area contributed by atoms with Gasteiger partial charge in [0.2, 0.25) is 0 Å². The molecule has 0 unspecified atom stereocenters. The number of hydrogen-bond acceptors (Lipinski definition) is 3. The van der Waals surface area contributed by atoms with Crippen LogP contribution in [0, 0.1) is 0 Å². The van der Waals surface area contributed by atoms with E-state index in [2.05, 4.69) is 4.74 Å². The van der Waals surface area contributed by atoms with E-state index in [1.54, 1.807) is 14.1 Å². The first kappa shape index (κ1) is 12.2. The van der Waals surface area contributed by atoms with Gasteiger partial charge in [0, 0.05) is 14.1 Å². The number of benzene rings is 1. The molecule has 0 fully saturated rings. The number of hydrogen-bond donors (Lipinski definition) is 1. The van der Waals surface area contributed by atoms with Crippen LogP contribution in [0.5, 0.6) is 5.75 Å². The summed E-state index contributed by atoms with van der Waals surface area (Å²) in [5.41, 5.74) is 0.311. The lowest BCUT2D eigenvalue weighted by Crippen LogP contribution is -2.13. The first-order valence-corrected chi connectivity index (χ1v) is 4.41. The fourth-order valence-corrected chi connectivity index (χ4v) is 1.20. The fraction of sp³-hybridized carbons (Fsp3) is 0.300. The Morgan fingerprint density at radius 2 is 2.06 bits per heavy atom. The lowest BCUT2D eigenvalue weighted by atomic mass is 10.2. The van der Waals surface area contributed by atoms with E-state index in [-0.39, 0.29) is 11.3 Å². The Hall–Kier alpha value is -1.85. The molecule has 0 atom stereocenters. The standard InChI is InChI=1S/C10H11F2NO3/c1-13(2)7-5-6(9(14)15)3-4-8(7)16-10(11)12/h3-5,10H,1-2H3,(H,14,15). The van der Waals surface area contributed by atoms with Gasteiger partial charge in [0.15, 0.2) is 0 Å². The van der Waals surface area contributed by atoms with Crippen LogP contribution in [0.4, 0.5) is 14.5 Å². The van der Waals surface area contributed by atoms with Gasteiger partial charge in [0.25, 0.3) is 0 Å². The molecule has 0 aromatic heterocycles. The van der Waals surface area contributed by atoms with E-state index in [9.17, 15) is 13.6 Å². The second-order valence-corrected chi connectivity index (χ2v) is 3.26. The summed E-state index contributed by atoms with van der Waals surface area (Å²) in [5, 5.41) is 8.76. The summed E-state index contributed by atoms with van der Waals surface area (Å²) in [6.45, 7) is -2.94. The van der Waals surface area contributed by atoms with E-state index in [4.69, 9.17) is 5.11 Å². The molecular weight excluding hydrogens is 220 g/mol. The molecule has 6 heteroatoms. The highest BCUT2D eigenvalue weighted by Crippen LogP contribution is 2.29. The number of anilines is 1. The summed E-state index contributed by atoms with van der Waals surface area (Å²) < 4.78 is 28.4. The summed E-state index contributed by atoms with van der Waals surface area (Å²) in [5.74, 6) is -1.17. The van der Waals surface area contributed by atoms with Crippen molar-refractivity contribution in [2.24, 2.45) is 0 Å². The zero-order chi connectivity index (χ0) is 12.3. The topological polar surface area (TPSA) is 49.8 Å². The van der Waals surface area contributed by atoms with Gasteiger partial charge in [-0.3, -0.25) is 0 Å². The van der Waals surface area contributed by atoms with Gasteiger partial charge in [-0.25, -0.2) is 4.79 Å². The maximum Gasteiger partial charge on any atom is 0.387 e. The van der Waals surface area contributed by atoms with E-state index in [0.717, 1.165) is 0 Å². The van der Waals surface area contributed by atoms with Gasteiger partial charge in [-0.1, -0.05) is 0 Å². The van der Waals surface area contributed by atoms with Crippen molar-refractivity contribution in [1.29, 1.82) is 0 Å². The van der Waals surface area contributed by atoms with E-state index in [1.807, 2.05) is 0 Å². The molecular formula is C10H11F2NO3. The Balaban J connectivity index is 3.14. The third-order valence-electron chi connectivity index (χ3n) is 1.90. The average Bonchev–Trinajstić information content (AvgIpc) is 2.16. The molecule has 0 heterocycles. The summed E-state index contributed by atoms with van der Waals surface area (Å²) >= 11 is 0. The van der Waals surface area contributed by atoms with E-state index in [0.29, 0.717) is 5.69 Å². The first-order valence-electron chi connectivity index (χ1n) is 4.41. The number of ether oxygens (including phenoxy) is 1. The Morgan fingerprint density at radius 1 is 1.44 bits per heavy atom. The van der Waals surface area contributed by atoms with Gasteiger partial charge >= 0.3 is 12.6 Å².